The summed E-state index contributed by atoms with van der Waals surface area (Å²) in [6, 6.07) is 5.45. The van der Waals surface area contributed by atoms with Crippen LogP contribution in [-0.4, -0.2) is 46.1 Å². The summed E-state index contributed by atoms with van der Waals surface area (Å²) < 4.78 is 15.4. The van der Waals surface area contributed by atoms with Gasteiger partial charge >= 0.3 is 0 Å². The van der Waals surface area contributed by atoms with Crippen molar-refractivity contribution < 1.29 is 19.3 Å². The van der Waals surface area contributed by atoms with Gasteiger partial charge in [0.1, 0.15) is 11.5 Å². The van der Waals surface area contributed by atoms with Crippen molar-refractivity contribution in [1.82, 2.24) is 5.32 Å². The second kappa shape index (κ2) is 8.09. The van der Waals surface area contributed by atoms with Crippen LogP contribution in [0, 0.1) is 0 Å². The molecule has 1 unspecified atom stereocenters. The molecule has 0 spiro atoms. The van der Waals surface area contributed by atoms with Crippen molar-refractivity contribution in [2.24, 2.45) is 0 Å². The maximum Gasteiger partial charge on any atom is 0.122 e. The fraction of sp³-hybridized carbons (Fsp3) is 0.600. The Morgan fingerprint density at radius 1 is 1.05 bits per heavy atom. The Labute approximate surface area is 120 Å². The molecule has 0 aromatic heterocycles. The summed E-state index contributed by atoms with van der Waals surface area (Å²) in [6.45, 7) is 3.93. The minimum absolute atomic E-state index is 0.590. The fourth-order valence-electron chi connectivity index (χ4n) is 1.89. The molecule has 0 bridgehead atoms. The maximum absolute atomic E-state index is 10.6. The minimum atomic E-state index is -0.943. The molecule has 0 saturated heterocycles. The number of hydrogen-bond donors (Lipinski definition) is 2. The molecule has 0 aliphatic rings. The number of rotatable bonds is 9. The average molecular weight is 283 g/mol. The van der Waals surface area contributed by atoms with Gasteiger partial charge in [-0.15, -0.1) is 0 Å². The molecule has 0 heterocycles. The zero-order valence-electron chi connectivity index (χ0n) is 12.7. The van der Waals surface area contributed by atoms with Crippen molar-refractivity contribution in [1.29, 1.82) is 0 Å². The van der Waals surface area contributed by atoms with Crippen LogP contribution in [0.5, 0.6) is 11.5 Å². The Morgan fingerprint density at radius 2 is 1.65 bits per heavy atom. The normalized spacial score (nSPS) is 13.8. The molecule has 5 heteroatoms. The molecule has 1 rings (SSSR count). The number of nitrogens with one attached hydrogen (secondary N) is 1. The Morgan fingerprint density at radius 3 is 2.15 bits per heavy atom. The van der Waals surface area contributed by atoms with Gasteiger partial charge in [0.05, 0.1) is 26.4 Å². The molecular formula is C15H25NO4. The monoisotopic (exact) mass is 283 g/mol. The molecule has 0 aliphatic carbocycles. The van der Waals surface area contributed by atoms with E-state index in [-0.39, 0.29) is 0 Å². The first-order valence-electron chi connectivity index (χ1n) is 6.69. The quantitative estimate of drug-likeness (QED) is 0.673. The van der Waals surface area contributed by atoms with Crippen molar-refractivity contribution in [2.75, 3.05) is 41.0 Å². The second-order valence-corrected chi connectivity index (χ2v) is 4.87. The van der Waals surface area contributed by atoms with Gasteiger partial charge in [0.2, 0.25) is 0 Å². The summed E-state index contributed by atoms with van der Waals surface area (Å²) >= 11 is 0. The molecule has 5 nitrogen and oxygen atoms in total. The molecule has 2 N–H and O–H groups in total. The summed E-state index contributed by atoms with van der Waals surface area (Å²) in [7, 11) is 4.86. The Balaban J connectivity index is 2.70. The van der Waals surface area contributed by atoms with Crippen LogP contribution in [0.4, 0.5) is 0 Å². The second-order valence-electron chi connectivity index (χ2n) is 4.87. The first kappa shape index (κ1) is 16.8. The highest BCUT2D eigenvalue weighted by atomic mass is 16.5. The first-order chi connectivity index (χ1) is 9.53. The predicted molar refractivity (Wildman–Crippen MR) is 78.5 cm³/mol. The largest absolute Gasteiger partial charge is 0.497 e. The van der Waals surface area contributed by atoms with Crippen LogP contribution < -0.4 is 14.8 Å². The lowest BCUT2D eigenvalue weighted by atomic mass is 9.92. The highest BCUT2D eigenvalue weighted by Gasteiger charge is 2.24. The van der Waals surface area contributed by atoms with E-state index in [2.05, 4.69) is 5.32 Å². The molecule has 0 aliphatic heterocycles. The summed E-state index contributed by atoms with van der Waals surface area (Å²) in [5, 5.41) is 13.8. The van der Waals surface area contributed by atoms with Gasteiger partial charge < -0.3 is 24.6 Å². The van der Waals surface area contributed by atoms with Crippen molar-refractivity contribution in [3.8, 4) is 11.5 Å². The zero-order valence-corrected chi connectivity index (χ0v) is 12.7. The van der Waals surface area contributed by atoms with E-state index in [1.54, 1.807) is 34.3 Å². The van der Waals surface area contributed by atoms with E-state index >= 15 is 0 Å². The van der Waals surface area contributed by atoms with E-state index in [0.717, 1.165) is 12.1 Å². The van der Waals surface area contributed by atoms with Crippen molar-refractivity contribution in [3.05, 3.63) is 23.8 Å². The predicted octanol–water partition coefficient (Wildman–Crippen LogP) is 1.54. The van der Waals surface area contributed by atoms with Gasteiger partial charge in [-0.05, 0) is 37.6 Å². The molecule has 0 amide bonds. The van der Waals surface area contributed by atoms with E-state index < -0.39 is 5.60 Å². The molecule has 114 valence electrons. The Kier molecular flexibility index (Phi) is 6.78. The van der Waals surface area contributed by atoms with Crippen LogP contribution in [0.15, 0.2) is 18.2 Å². The molecule has 0 fully saturated rings. The lowest BCUT2D eigenvalue weighted by molar-refractivity contribution is 0.0470. The SMILES string of the molecule is COCCNCCC(C)(O)c1cc(OC)cc(OC)c1. The lowest BCUT2D eigenvalue weighted by Gasteiger charge is -2.25. The van der Waals surface area contributed by atoms with Gasteiger partial charge in [-0.3, -0.25) is 0 Å². The summed E-state index contributed by atoms with van der Waals surface area (Å²) in [5.41, 5.74) is -0.163. The van der Waals surface area contributed by atoms with E-state index in [1.165, 1.54) is 0 Å². The smallest absolute Gasteiger partial charge is 0.122 e. The molecule has 0 saturated carbocycles. The standard InChI is InChI=1S/C15H25NO4/c1-15(17,5-6-16-7-8-18-2)12-9-13(19-3)11-14(10-12)20-4/h9-11,16-17H,5-8H2,1-4H3. The van der Waals surface area contributed by atoms with Crippen LogP contribution >= 0.6 is 0 Å². The average Bonchev–Trinajstić information content (AvgIpc) is 2.46. The maximum atomic E-state index is 10.6. The van der Waals surface area contributed by atoms with E-state index in [1.807, 2.05) is 12.1 Å². The van der Waals surface area contributed by atoms with Crippen LogP contribution in [0.1, 0.15) is 18.9 Å². The van der Waals surface area contributed by atoms with Gasteiger partial charge in [-0.25, -0.2) is 0 Å². The first-order valence-corrected chi connectivity index (χ1v) is 6.69. The fourth-order valence-corrected chi connectivity index (χ4v) is 1.89. The van der Waals surface area contributed by atoms with E-state index in [4.69, 9.17) is 14.2 Å². The number of hydrogen-bond acceptors (Lipinski definition) is 5. The number of aliphatic hydroxyl groups is 1. The Bertz CT molecular complexity index is 385. The van der Waals surface area contributed by atoms with Crippen molar-refractivity contribution >= 4 is 0 Å². The van der Waals surface area contributed by atoms with Gasteiger partial charge in [0, 0.05) is 19.7 Å². The highest BCUT2D eigenvalue weighted by Crippen LogP contribution is 2.31. The molecule has 1 aromatic carbocycles. The minimum Gasteiger partial charge on any atom is -0.497 e. The lowest BCUT2D eigenvalue weighted by Crippen LogP contribution is -2.29. The number of benzene rings is 1. The summed E-state index contributed by atoms with van der Waals surface area (Å²) in [4.78, 5) is 0. The van der Waals surface area contributed by atoms with Crippen LogP contribution in [0.3, 0.4) is 0 Å². The zero-order chi connectivity index (χ0) is 15.0. The summed E-state index contributed by atoms with van der Waals surface area (Å²) in [5.74, 6) is 1.35. The topological polar surface area (TPSA) is 60.0 Å². The third-order valence-corrected chi connectivity index (χ3v) is 3.24. The van der Waals surface area contributed by atoms with Crippen molar-refractivity contribution in [3.63, 3.8) is 0 Å². The third kappa shape index (κ3) is 5.00. The number of ether oxygens (including phenoxy) is 3. The summed E-state index contributed by atoms with van der Waals surface area (Å²) in [6.07, 6.45) is 0.590. The van der Waals surface area contributed by atoms with E-state index in [0.29, 0.717) is 31.1 Å². The van der Waals surface area contributed by atoms with Crippen molar-refractivity contribution in [2.45, 2.75) is 18.9 Å². The van der Waals surface area contributed by atoms with Gasteiger partial charge in [-0.1, -0.05) is 0 Å². The number of methoxy groups -OCH3 is 3. The van der Waals surface area contributed by atoms with Crippen LogP contribution in [-0.2, 0) is 10.3 Å². The van der Waals surface area contributed by atoms with Crippen LogP contribution in [0.25, 0.3) is 0 Å². The molecule has 0 radical (unpaired) electrons. The third-order valence-electron chi connectivity index (χ3n) is 3.24. The van der Waals surface area contributed by atoms with Crippen LogP contribution in [0.2, 0.25) is 0 Å². The molecule has 20 heavy (non-hydrogen) atoms. The molecule has 1 aromatic rings. The molecular weight excluding hydrogens is 258 g/mol. The molecule has 1 atom stereocenters. The van der Waals surface area contributed by atoms with Gasteiger partial charge in [0.15, 0.2) is 0 Å². The Hall–Kier alpha value is -1.30. The van der Waals surface area contributed by atoms with Gasteiger partial charge in [-0.2, -0.15) is 0 Å². The highest BCUT2D eigenvalue weighted by molar-refractivity contribution is 5.40. The van der Waals surface area contributed by atoms with Gasteiger partial charge in [0.25, 0.3) is 0 Å². The van der Waals surface area contributed by atoms with E-state index in [9.17, 15) is 5.11 Å².